The molecule has 190 valence electrons. The minimum absolute atomic E-state index is 0.0194. The van der Waals surface area contributed by atoms with Crippen LogP contribution in [0.25, 0.3) is 11.4 Å². The van der Waals surface area contributed by atoms with E-state index in [9.17, 15) is 15.0 Å². The van der Waals surface area contributed by atoms with Crippen LogP contribution in [0.2, 0.25) is 0 Å². The highest BCUT2D eigenvalue weighted by Gasteiger charge is 2.31. The molecule has 0 saturated heterocycles. The minimum atomic E-state index is -0.156. The van der Waals surface area contributed by atoms with Gasteiger partial charge in [-0.1, -0.05) is 42.5 Å². The summed E-state index contributed by atoms with van der Waals surface area (Å²) in [7, 11) is 0. The van der Waals surface area contributed by atoms with Gasteiger partial charge in [0.05, 0.1) is 6.04 Å². The molecule has 37 heavy (non-hydrogen) atoms. The summed E-state index contributed by atoms with van der Waals surface area (Å²) in [6.07, 6.45) is 2.62. The smallest absolute Gasteiger partial charge is 0.253 e. The number of carbonyl (C=O) groups excluding carboxylic acids is 1. The van der Waals surface area contributed by atoms with Gasteiger partial charge in [0, 0.05) is 49.2 Å². The SMILES string of the molecule is CCN(CC)C(=O)c1ccc(C2c3cc(O)c(O)cc3CCN2Cc2cnc(-c3ccccc3)[nH]2)cc1. The van der Waals surface area contributed by atoms with Crippen LogP contribution >= 0.6 is 0 Å². The molecule has 1 aromatic heterocycles. The summed E-state index contributed by atoms with van der Waals surface area (Å²) in [6, 6.07) is 20.9. The Morgan fingerprint density at radius 2 is 1.73 bits per heavy atom. The molecule has 1 amide bonds. The fourth-order valence-electron chi connectivity index (χ4n) is 5.16. The summed E-state index contributed by atoms with van der Waals surface area (Å²) in [5.41, 5.74) is 5.66. The summed E-state index contributed by atoms with van der Waals surface area (Å²) in [5, 5.41) is 20.5. The van der Waals surface area contributed by atoms with Gasteiger partial charge in [0.1, 0.15) is 5.82 Å². The number of rotatable bonds is 7. The first kappa shape index (κ1) is 24.6. The first-order valence-electron chi connectivity index (χ1n) is 12.8. The van der Waals surface area contributed by atoms with Crippen LogP contribution in [0, 0.1) is 0 Å². The van der Waals surface area contributed by atoms with Crippen LogP contribution in [0.15, 0.2) is 72.9 Å². The van der Waals surface area contributed by atoms with Crippen molar-refractivity contribution in [2.24, 2.45) is 0 Å². The van der Waals surface area contributed by atoms with Crippen LogP contribution in [0.3, 0.4) is 0 Å². The molecule has 1 aliphatic heterocycles. The molecular formula is C30H32N4O3. The predicted octanol–water partition coefficient (Wildman–Crippen LogP) is 5.12. The summed E-state index contributed by atoms with van der Waals surface area (Å²) in [4.78, 5) is 25.0. The van der Waals surface area contributed by atoms with Crippen molar-refractivity contribution in [3.8, 4) is 22.9 Å². The Balaban J connectivity index is 1.48. The van der Waals surface area contributed by atoms with E-state index in [0.717, 1.165) is 46.7 Å². The summed E-state index contributed by atoms with van der Waals surface area (Å²) >= 11 is 0. The van der Waals surface area contributed by atoms with Crippen LogP contribution in [0.4, 0.5) is 0 Å². The van der Waals surface area contributed by atoms with Crippen molar-refractivity contribution >= 4 is 5.91 Å². The Labute approximate surface area is 217 Å². The zero-order valence-corrected chi connectivity index (χ0v) is 21.2. The van der Waals surface area contributed by atoms with Gasteiger partial charge in [0.15, 0.2) is 11.5 Å². The first-order valence-corrected chi connectivity index (χ1v) is 12.8. The number of H-pyrrole nitrogens is 1. The van der Waals surface area contributed by atoms with E-state index in [-0.39, 0.29) is 23.4 Å². The lowest BCUT2D eigenvalue weighted by Crippen LogP contribution is -2.36. The van der Waals surface area contributed by atoms with E-state index >= 15 is 0 Å². The zero-order valence-electron chi connectivity index (χ0n) is 21.2. The molecule has 1 atom stereocenters. The Hall–Kier alpha value is -4.10. The second-order valence-corrected chi connectivity index (χ2v) is 9.39. The zero-order chi connectivity index (χ0) is 25.9. The van der Waals surface area contributed by atoms with Crippen molar-refractivity contribution in [2.75, 3.05) is 19.6 Å². The van der Waals surface area contributed by atoms with E-state index in [2.05, 4.69) is 14.9 Å². The number of aromatic amines is 1. The fraction of sp³-hybridized carbons (Fsp3) is 0.267. The number of phenols is 2. The largest absolute Gasteiger partial charge is 0.504 e. The molecule has 2 heterocycles. The van der Waals surface area contributed by atoms with E-state index in [1.54, 1.807) is 17.0 Å². The topological polar surface area (TPSA) is 92.7 Å². The number of nitrogens with one attached hydrogen (secondary N) is 1. The maximum atomic E-state index is 12.8. The number of carbonyl (C=O) groups is 1. The van der Waals surface area contributed by atoms with Crippen molar-refractivity contribution in [1.82, 2.24) is 19.8 Å². The molecular weight excluding hydrogens is 464 g/mol. The lowest BCUT2D eigenvalue weighted by Gasteiger charge is -2.37. The lowest BCUT2D eigenvalue weighted by molar-refractivity contribution is 0.0773. The number of imidazole rings is 1. The Morgan fingerprint density at radius 3 is 2.43 bits per heavy atom. The molecule has 0 fully saturated rings. The van der Waals surface area contributed by atoms with Crippen LogP contribution in [0.1, 0.15) is 52.6 Å². The molecule has 1 unspecified atom stereocenters. The van der Waals surface area contributed by atoms with E-state index in [1.807, 2.05) is 74.6 Å². The maximum absolute atomic E-state index is 12.8. The van der Waals surface area contributed by atoms with Gasteiger partial charge in [-0.2, -0.15) is 0 Å². The minimum Gasteiger partial charge on any atom is -0.504 e. The summed E-state index contributed by atoms with van der Waals surface area (Å²) in [6.45, 7) is 6.69. The average Bonchev–Trinajstić information content (AvgIpc) is 3.39. The quantitative estimate of drug-likeness (QED) is 0.309. The number of hydrogen-bond donors (Lipinski definition) is 3. The molecule has 3 N–H and O–H groups in total. The molecule has 0 bridgehead atoms. The third-order valence-corrected chi connectivity index (χ3v) is 7.14. The summed E-state index contributed by atoms with van der Waals surface area (Å²) in [5.74, 6) is 0.608. The molecule has 4 aromatic rings. The fourth-order valence-corrected chi connectivity index (χ4v) is 5.16. The molecule has 3 aromatic carbocycles. The Bertz CT molecular complexity index is 1380. The molecule has 1 aliphatic rings. The summed E-state index contributed by atoms with van der Waals surface area (Å²) < 4.78 is 0. The number of aromatic hydroxyl groups is 2. The van der Waals surface area contributed by atoms with E-state index in [1.165, 1.54) is 0 Å². The molecule has 5 rings (SSSR count). The van der Waals surface area contributed by atoms with E-state index < -0.39 is 0 Å². The van der Waals surface area contributed by atoms with Crippen molar-refractivity contribution in [3.63, 3.8) is 0 Å². The predicted molar refractivity (Wildman–Crippen MR) is 143 cm³/mol. The Kier molecular flexibility index (Phi) is 6.97. The number of phenolic OH excluding ortho intramolecular Hbond substituents is 2. The lowest BCUT2D eigenvalue weighted by atomic mass is 9.87. The number of aromatic nitrogens is 2. The van der Waals surface area contributed by atoms with Gasteiger partial charge in [0.2, 0.25) is 0 Å². The van der Waals surface area contributed by atoms with Gasteiger partial charge in [-0.25, -0.2) is 4.98 Å². The Morgan fingerprint density at radius 1 is 1.03 bits per heavy atom. The van der Waals surface area contributed by atoms with Gasteiger partial charge in [-0.15, -0.1) is 0 Å². The second kappa shape index (κ2) is 10.5. The average molecular weight is 497 g/mol. The van der Waals surface area contributed by atoms with Gasteiger partial charge in [-0.05, 0) is 61.2 Å². The van der Waals surface area contributed by atoms with Gasteiger partial charge in [-0.3, -0.25) is 9.69 Å². The van der Waals surface area contributed by atoms with Crippen molar-refractivity contribution in [1.29, 1.82) is 0 Å². The number of nitrogens with zero attached hydrogens (tertiary/aromatic N) is 3. The molecule has 7 nitrogen and oxygen atoms in total. The van der Waals surface area contributed by atoms with Gasteiger partial charge >= 0.3 is 0 Å². The van der Waals surface area contributed by atoms with Gasteiger partial charge < -0.3 is 20.1 Å². The molecule has 7 heteroatoms. The van der Waals surface area contributed by atoms with E-state index in [0.29, 0.717) is 25.2 Å². The van der Waals surface area contributed by atoms with Crippen LogP contribution in [-0.4, -0.2) is 55.5 Å². The van der Waals surface area contributed by atoms with E-state index in [4.69, 9.17) is 0 Å². The molecule has 0 saturated carbocycles. The molecule has 0 spiro atoms. The normalized spacial score (nSPS) is 15.4. The van der Waals surface area contributed by atoms with Crippen molar-refractivity contribution in [3.05, 3.63) is 101 Å². The number of benzene rings is 3. The monoisotopic (exact) mass is 496 g/mol. The van der Waals surface area contributed by atoms with Crippen LogP contribution < -0.4 is 0 Å². The second-order valence-electron chi connectivity index (χ2n) is 9.39. The third kappa shape index (κ3) is 4.95. The van der Waals surface area contributed by atoms with Crippen molar-refractivity contribution < 1.29 is 15.0 Å². The van der Waals surface area contributed by atoms with Crippen LogP contribution in [-0.2, 0) is 13.0 Å². The van der Waals surface area contributed by atoms with Gasteiger partial charge in [0.25, 0.3) is 5.91 Å². The standard InChI is InChI=1S/C30H32N4O3/c1-3-33(4-2)30(37)22-12-10-20(11-13-22)28-25-17-27(36)26(35)16-23(25)14-15-34(28)19-24-18-31-29(32-24)21-8-6-5-7-9-21/h5-13,16-18,28,35-36H,3-4,14-15,19H2,1-2H3,(H,31,32). The molecule has 0 radical (unpaired) electrons. The maximum Gasteiger partial charge on any atom is 0.253 e. The number of fused-ring (bicyclic) bond motifs is 1. The highest BCUT2D eigenvalue weighted by atomic mass is 16.3. The highest BCUT2D eigenvalue weighted by molar-refractivity contribution is 5.94. The molecule has 0 aliphatic carbocycles. The third-order valence-electron chi connectivity index (χ3n) is 7.14. The number of hydrogen-bond acceptors (Lipinski definition) is 5. The first-order chi connectivity index (χ1) is 18.0. The number of amides is 1. The van der Waals surface area contributed by atoms with Crippen molar-refractivity contribution in [2.45, 2.75) is 32.9 Å². The highest BCUT2D eigenvalue weighted by Crippen LogP contribution is 2.41. The van der Waals surface area contributed by atoms with Crippen LogP contribution in [0.5, 0.6) is 11.5 Å².